The Kier molecular flexibility index (Phi) is 6.72. The summed E-state index contributed by atoms with van der Waals surface area (Å²) in [6.45, 7) is 1.01. The molecule has 0 aliphatic heterocycles. The van der Waals surface area contributed by atoms with Crippen molar-refractivity contribution in [1.82, 2.24) is 10.3 Å². The minimum absolute atomic E-state index is 0.158. The van der Waals surface area contributed by atoms with Gasteiger partial charge in [0.15, 0.2) is 0 Å². The highest BCUT2D eigenvalue weighted by Crippen LogP contribution is 2.28. The van der Waals surface area contributed by atoms with Gasteiger partial charge in [-0.05, 0) is 49.9 Å². The second kappa shape index (κ2) is 9.65. The molecule has 5 nitrogen and oxygen atoms in total. The maximum atomic E-state index is 9.74. The van der Waals surface area contributed by atoms with Crippen LogP contribution in [0, 0.1) is 0 Å². The fourth-order valence-corrected chi connectivity index (χ4v) is 4.04. The lowest BCUT2D eigenvalue weighted by Crippen LogP contribution is -2.34. The number of nitrogens with zero attached hydrogens (tertiary/aromatic N) is 1. The molecule has 30 heavy (non-hydrogen) atoms. The van der Waals surface area contributed by atoms with Gasteiger partial charge in [-0.25, -0.2) is 4.98 Å². The van der Waals surface area contributed by atoms with Crippen molar-refractivity contribution in [3.8, 4) is 11.6 Å². The Bertz CT molecular complexity index is 1000. The highest BCUT2D eigenvalue weighted by atomic mass is 35.5. The molecule has 1 aromatic heterocycles. The average Bonchev–Trinajstić information content (AvgIpc) is 2.77. The summed E-state index contributed by atoms with van der Waals surface area (Å²) in [5.74, 6) is 1.36. The maximum Gasteiger partial charge on any atom is 0.218 e. The van der Waals surface area contributed by atoms with Crippen LogP contribution in [-0.2, 0) is 13.2 Å². The molecule has 0 bridgehead atoms. The van der Waals surface area contributed by atoms with Crippen LogP contribution in [0.2, 0.25) is 5.02 Å². The number of fused-ring (bicyclic) bond motifs is 1. The van der Waals surface area contributed by atoms with E-state index in [0.717, 1.165) is 53.5 Å². The zero-order chi connectivity index (χ0) is 20.9. The van der Waals surface area contributed by atoms with Crippen molar-refractivity contribution in [2.75, 3.05) is 7.11 Å². The van der Waals surface area contributed by atoms with Crippen molar-refractivity contribution >= 4 is 22.5 Å². The smallest absolute Gasteiger partial charge is 0.218 e. The summed E-state index contributed by atoms with van der Waals surface area (Å²) in [6, 6.07) is 16.1. The van der Waals surface area contributed by atoms with Crippen molar-refractivity contribution in [1.29, 1.82) is 0 Å². The Morgan fingerprint density at radius 3 is 2.63 bits per heavy atom. The Balaban J connectivity index is 1.57. The standard InChI is InChI=1S/C24H27ClN2O3/c1-29-21-11-6-16-12-18(14-26-19-7-9-20(28)10-8-19)24(27-23(16)13-21)30-15-17-4-2-3-5-22(17)25/h2-6,11-13,19-20,26,28H,7-10,14-15H2,1H3. The number of aliphatic hydroxyl groups excluding tert-OH is 1. The van der Waals surface area contributed by atoms with E-state index in [-0.39, 0.29) is 6.10 Å². The molecule has 0 saturated heterocycles. The van der Waals surface area contributed by atoms with E-state index in [2.05, 4.69) is 11.4 Å². The van der Waals surface area contributed by atoms with E-state index in [4.69, 9.17) is 26.1 Å². The van der Waals surface area contributed by atoms with E-state index in [1.54, 1.807) is 7.11 Å². The van der Waals surface area contributed by atoms with Gasteiger partial charge in [0.2, 0.25) is 5.88 Å². The molecule has 4 rings (SSSR count). The largest absolute Gasteiger partial charge is 0.497 e. The van der Waals surface area contributed by atoms with Gasteiger partial charge >= 0.3 is 0 Å². The molecular formula is C24H27ClN2O3. The van der Waals surface area contributed by atoms with Crippen molar-refractivity contribution in [3.05, 3.63) is 64.7 Å². The molecule has 0 amide bonds. The molecule has 1 saturated carbocycles. The van der Waals surface area contributed by atoms with E-state index in [0.29, 0.717) is 30.1 Å². The lowest BCUT2D eigenvalue weighted by Gasteiger charge is -2.26. The molecule has 0 atom stereocenters. The summed E-state index contributed by atoms with van der Waals surface area (Å²) in [6.07, 6.45) is 3.51. The van der Waals surface area contributed by atoms with E-state index in [1.165, 1.54) is 0 Å². The molecule has 0 radical (unpaired) electrons. The monoisotopic (exact) mass is 426 g/mol. The molecule has 0 unspecified atom stereocenters. The molecule has 3 aromatic rings. The minimum Gasteiger partial charge on any atom is -0.497 e. The number of pyridine rings is 1. The molecular weight excluding hydrogens is 400 g/mol. The first-order valence-corrected chi connectivity index (χ1v) is 10.8. The number of hydrogen-bond donors (Lipinski definition) is 2. The highest BCUT2D eigenvalue weighted by Gasteiger charge is 2.19. The molecule has 1 aliphatic carbocycles. The molecule has 158 valence electrons. The van der Waals surface area contributed by atoms with Crippen LogP contribution in [0.25, 0.3) is 10.9 Å². The zero-order valence-electron chi connectivity index (χ0n) is 17.1. The van der Waals surface area contributed by atoms with Crippen LogP contribution in [0.5, 0.6) is 11.6 Å². The lowest BCUT2D eigenvalue weighted by atomic mass is 9.93. The lowest BCUT2D eigenvalue weighted by molar-refractivity contribution is 0.116. The molecule has 2 N–H and O–H groups in total. The number of aromatic nitrogens is 1. The van der Waals surface area contributed by atoms with E-state index in [1.807, 2.05) is 42.5 Å². The Labute approximate surface area is 182 Å². The number of hydrogen-bond acceptors (Lipinski definition) is 5. The SMILES string of the molecule is COc1ccc2cc(CNC3CCC(O)CC3)c(OCc3ccccc3Cl)nc2c1. The third kappa shape index (κ3) is 5.04. The highest BCUT2D eigenvalue weighted by molar-refractivity contribution is 6.31. The van der Waals surface area contributed by atoms with Crippen molar-refractivity contribution in [2.45, 2.75) is 51.0 Å². The van der Waals surface area contributed by atoms with Gasteiger partial charge in [-0.15, -0.1) is 0 Å². The van der Waals surface area contributed by atoms with Crippen LogP contribution >= 0.6 is 11.6 Å². The normalized spacial score (nSPS) is 19.0. The first-order chi connectivity index (χ1) is 14.6. The second-order valence-corrected chi connectivity index (χ2v) is 8.18. The summed E-state index contributed by atoms with van der Waals surface area (Å²) >= 11 is 6.29. The summed E-state index contributed by atoms with van der Waals surface area (Å²) < 4.78 is 11.5. The van der Waals surface area contributed by atoms with E-state index in [9.17, 15) is 5.11 Å². The number of rotatable bonds is 7. The van der Waals surface area contributed by atoms with Crippen LogP contribution in [0.3, 0.4) is 0 Å². The Morgan fingerprint density at radius 1 is 1.07 bits per heavy atom. The van der Waals surface area contributed by atoms with Crippen molar-refractivity contribution < 1.29 is 14.6 Å². The second-order valence-electron chi connectivity index (χ2n) is 7.78. The van der Waals surface area contributed by atoms with Crippen LogP contribution in [0.1, 0.15) is 36.8 Å². The van der Waals surface area contributed by atoms with Crippen molar-refractivity contribution in [2.24, 2.45) is 0 Å². The fraction of sp³-hybridized carbons (Fsp3) is 0.375. The predicted molar refractivity (Wildman–Crippen MR) is 119 cm³/mol. The average molecular weight is 427 g/mol. The van der Waals surface area contributed by atoms with E-state index >= 15 is 0 Å². The fourth-order valence-electron chi connectivity index (χ4n) is 3.85. The number of nitrogens with one attached hydrogen (secondary N) is 1. The van der Waals surface area contributed by atoms with Gasteiger partial charge in [-0.3, -0.25) is 0 Å². The first-order valence-electron chi connectivity index (χ1n) is 10.4. The molecule has 1 heterocycles. The topological polar surface area (TPSA) is 63.6 Å². The number of methoxy groups -OCH3 is 1. The van der Waals surface area contributed by atoms with Gasteiger partial charge in [-0.2, -0.15) is 0 Å². The quantitative estimate of drug-likeness (QED) is 0.564. The number of benzene rings is 2. The van der Waals surface area contributed by atoms with Crippen LogP contribution in [-0.4, -0.2) is 29.3 Å². The third-order valence-electron chi connectivity index (χ3n) is 5.66. The van der Waals surface area contributed by atoms with E-state index < -0.39 is 0 Å². The van der Waals surface area contributed by atoms with Crippen LogP contribution in [0.4, 0.5) is 0 Å². The van der Waals surface area contributed by atoms with Gasteiger partial charge in [-0.1, -0.05) is 29.8 Å². The molecule has 6 heteroatoms. The summed E-state index contributed by atoms with van der Waals surface area (Å²) in [5.41, 5.74) is 2.76. The van der Waals surface area contributed by atoms with Gasteiger partial charge in [0.05, 0.1) is 18.7 Å². The zero-order valence-corrected chi connectivity index (χ0v) is 17.9. The Hall–Kier alpha value is -2.34. The van der Waals surface area contributed by atoms with Crippen LogP contribution < -0.4 is 14.8 Å². The molecule has 1 fully saturated rings. The van der Waals surface area contributed by atoms with Crippen molar-refractivity contribution in [3.63, 3.8) is 0 Å². The van der Waals surface area contributed by atoms with Crippen LogP contribution in [0.15, 0.2) is 48.5 Å². The predicted octanol–water partition coefficient (Wildman–Crippen LogP) is 4.87. The molecule has 0 spiro atoms. The molecule has 1 aliphatic rings. The van der Waals surface area contributed by atoms with Gasteiger partial charge < -0.3 is 19.9 Å². The summed E-state index contributed by atoms with van der Waals surface area (Å²) in [4.78, 5) is 4.78. The number of ether oxygens (including phenoxy) is 2. The number of aliphatic hydroxyl groups is 1. The van der Waals surface area contributed by atoms with Gasteiger partial charge in [0, 0.05) is 40.2 Å². The third-order valence-corrected chi connectivity index (χ3v) is 6.03. The van der Waals surface area contributed by atoms with Gasteiger partial charge in [0.25, 0.3) is 0 Å². The minimum atomic E-state index is -0.158. The molecule has 2 aromatic carbocycles. The Morgan fingerprint density at radius 2 is 1.87 bits per heavy atom. The number of halogens is 1. The summed E-state index contributed by atoms with van der Waals surface area (Å²) in [7, 11) is 1.65. The van der Waals surface area contributed by atoms with Gasteiger partial charge in [0.1, 0.15) is 12.4 Å². The first kappa shape index (κ1) is 20.9. The summed E-state index contributed by atoms with van der Waals surface area (Å²) in [5, 5.41) is 15.1. The maximum absolute atomic E-state index is 9.74.